The van der Waals surface area contributed by atoms with E-state index >= 15 is 0 Å². The molecule has 1 aromatic carbocycles. The molecule has 1 heterocycles. The first-order chi connectivity index (χ1) is 12.9. The topological polar surface area (TPSA) is 100 Å². The van der Waals surface area contributed by atoms with Crippen molar-refractivity contribution in [3.63, 3.8) is 0 Å². The number of urea groups is 1. The minimum atomic E-state index is -3.75. The maximum atomic E-state index is 12.2. The third-order valence-corrected chi connectivity index (χ3v) is 4.82. The van der Waals surface area contributed by atoms with Gasteiger partial charge in [-0.3, -0.25) is 9.71 Å². The molecule has 27 heavy (non-hydrogen) atoms. The van der Waals surface area contributed by atoms with Crippen molar-refractivity contribution in [1.82, 2.24) is 10.3 Å². The summed E-state index contributed by atoms with van der Waals surface area (Å²) in [6.07, 6.45) is 7.24. The maximum Gasteiger partial charge on any atom is 0.319 e. The van der Waals surface area contributed by atoms with E-state index in [2.05, 4.69) is 33.5 Å². The van der Waals surface area contributed by atoms with E-state index in [1.165, 1.54) is 18.2 Å². The summed E-state index contributed by atoms with van der Waals surface area (Å²) in [4.78, 5) is 15.8. The number of rotatable bonds is 8. The second-order valence-electron chi connectivity index (χ2n) is 5.35. The van der Waals surface area contributed by atoms with Gasteiger partial charge in [0.25, 0.3) is 10.0 Å². The lowest BCUT2D eigenvalue weighted by molar-refractivity contribution is 0.251. The van der Waals surface area contributed by atoms with E-state index in [0.29, 0.717) is 17.9 Å². The van der Waals surface area contributed by atoms with Crippen molar-refractivity contribution in [1.29, 1.82) is 0 Å². The number of sulfonamides is 1. The summed E-state index contributed by atoms with van der Waals surface area (Å²) in [5.41, 5.74) is 1.81. The molecule has 2 amide bonds. The van der Waals surface area contributed by atoms with E-state index < -0.39 is 10.0 Å². The summed E-state index contributed by atoms with van der Waals surface area (Å²) in [6, 6.07) is 9.51. The molecular formula is C19H20N4O3S. The fraction of sp³-hybridized carbons (Fsp3) is 0.0526. The number of nitrogens with zero attached hydrogens (tertiary/aromatic N) is 1. The Morgan fingerprint density at radius 2 is 1.67 bits per heavy atom. The molecule has 0 saturated carbocycles. The van der Waals surface area contributed by atoms with Crippen LogP contribution in [0.15, 0.2) is 85.1 Å². The van der Waals surface area contributed by atoms with Crippen molar-refractivity contribution in [3.05, 3.63) is 90.6 Å². The van der Waals surface area contributed by atoms with Gasteiger partial charge in [-0.1, -0.05) is 19.2 Å². The SMILES string of the molecule is C=C/C=C(\C=C)S(=O)(=O)Nc1ccc(NC(=O)NCc2ccncc2)cc1. The lowest BCUT2D eigenvalue weighted by Crippen LogP contribution is -2.28. The Morgan fingerprint density at radius 1 is 1.04 bits per heavy atom. The quantitative estimate of drug-likeness (QED) is 0.607. The number of carbonyl (C=O) groups excluding carboxylic acids is 1. The summed E-state index contributed by atoms with van der Waals surface area (Å²) in [6.45, 7) is 7.32. The van der Waals surface area contributed by atoms with Gasteiger partial charge in [-0.25, -0.2) is 13.2 Å². The maximum absolute atomic E-state index is 12.2. The van der Waals surface area contributed by atoms with Crippen LogP contribution >= 0.6 is 0 Å². The van der Waals surface area contributed by atoms with Crippen LogP contribution in [0.3, 0.4) is 0 Å². The molecule has 0 saturated heterocycles. The molecule has 7 nitrogen and oxygen atoms in total. The smallest absolute Gasteiger partial charge is 0.319 e. The van der Waals surface area contributed by atoms with Gasteiger partial charge in [0.15, 0.2) is 0 Å². The Bertz CT molecular complexity index is 937. The Balaban J connectivity index is 1.94. The molecule has 0 atom stereocenters. The highest BCUT2D eigenvalue weighted by Gasteiger charge is 2.14. The molecule has 2 rings (SSSR count). The summed E-state index contributed by atoms with van der Waals surface area (Å²) in [7, 11) is -3.75. The van der Waals surface area contributed by atoms with Crippen molar-refractivity contribution < 1.29 is 13.2 Å². The van der Waals surface area contributed by atoms with Gasteiger partial charge in [0.2, 0.25) is 0 Å². The van der Waals surface area contributed by atoms with Gasteiger partial charge in [-0.2, -0.15) is 0 Å². The van der Waals surface area contributed by atoms with Crippen LogP contribution in [-0.2, 0) is 16.6 Å². The van der Waals surface area contributed by atoms with Crippen LogP contribution in [-0.4, -0.2) is 19.4 Å². The molecule has 0 unspecified atom stereocenters. The Morgan fingerprint density at radius 3 is 2.26 bits per heavy atom. The Kier molecular flexibility index (Phi) is 6.90. The first-order valence-electron chi connectivity index (χ1n) is 7.96. The number of hydrogen-bond donors (Lipinski definition) is 3. The predicted octanol–water partition coefficient (Wildman–Crippen LogP) is 3.40. The highest BCUT2D eigenvalue weighted by Crippen LogP contribution is 2.18. The molecule has 140 valence electrons. The van der Waals surface area contributed by atoms with E-state index in [-0.39, 0.29) is 10.9 Å². The molecule has 2 aromatic rings. The predicted molar refractivity (Wildman–Crippen MR) is 108 cm³/mol. The monoisotopic (exact) mass is 384 g/mol. The molecule has 0 bridgehead atoms. The van der Waals surface area contributed by atoms with Crippen LogP contribution in [0.25, 0.3) is 0 Å². The summed E-state index contributed by atoms with van der Waals surface area (Å²) >= 11 is 0. The highest BCUT2D eigenvalue weighted by atomic mass is 32.2. The second-order valence-corrected chi connectivity index (χ2v) is 7.04. The summed E-state index contributed by atoms with van der Waals surface area (Å²) < 4.78 is 26.9. The molecular weight excluding hydrogens is 364 g/mol. The molecule has 0 radical (unpaired) electrons. The van der Waals surface area contributed by atoms with E-state index in [0.717, 1.165) is 5.56 Å². The van der Waals surface area contributed by atoms with Crippen LogP contribution in [0.4, 0.5) is 16.2 Å². The third kappa shape index (κ3) is 6.12. The van der Waals surface area contributed by atoms with Gasteiger partial charge in [-0.15, -0.1) is 0 Å². The zero-order valence-electron chi connectivity index (χ0n) is 14.6. The molecule has 3 N–H and O–H groups in total. The lowest BCUT2D eigenvalue weighted by atomic mass is 10.3. The minimum Gasteiger partial charge on any atom is -0.334 e. The number of anilines is 2. The number of hydrogen-bond acceptors (Lipinski definition) is 4. The van der Waals surface area contributed by atoms with Gasteiger partial charge < -0.3 is 10.6 Å². The van der Waals surface area contributed by atoms with Crippen LogP contribution in [0, 0.1) is 0 Å². The number of pyridine rings is 1. The standard InChI is InChI=1S/C19H20N4O3S/c1-3-5-18(4-2)27(25,26)23-17-8-6-16(7-9-17)22-19(24)21-14-15-10-12-20-13-11-15/h3-13,23H,1-2,14H2,(H2,21,22,24)/b18-5+. The van der Waals surface area contributed by atoms with Gasteiger partial charge >= 0.3 is 6.03 Å². The average molecular weight is 384 g/mol. The fourth-order valence-electron chi connectivity index (χ4n) is 2.08. The first-order valence-corrected chi connectivity index (χ1v) is 9.44. The molecule has 1 aromatic heterocycles. The van der Waals surface area contributed by atoms with Gasteiger partial charge in [0.1, 0.15) is 0 Å². The Hall–Kier alpha value is -3.39. The van der Waals surface area contributed by atoms with E-state index in [1.54, 1.807) is 48.8 Å². The average Bonchev–Trinajstić information content (AvgIpc) is 2.66. The van der Waals surface area contributed by atoms with Crippen LogP contribution in [0.2, 0.25) is 0 Å². The molecule has 0 fully saturated rings. The number of benzene rings is 1. The largest absolute Gasteiger partial charge is 0.334 e. The highest BCUT2D eigenvalue weighted by molar-refractivity contribution is 7.96. The molecule has 8 heteroatoms. The normalized spacial score (nSPS) is 11.3. The van der Waals surface area contributed by atoms with Gasteiger partial charge in [0, 0.05) is 30.3 Å². The summed E-state index contributed by atoms with van der Waals surface area (Å²) in [5.74, 6) is 0. The minimum absolute atomic E-state index is 0.00944. The van der Waals surface area contributed by atoms with Crippen molar-refractivity contribution >= 4 is 27.4 Å². The number of nitrogens with one attached hydrogen (secondary N) is 3. The van der Waals surface area contributed by atoms with Gasteiger partial charge in [-0.05, 0) is 54.1 Å². The summed E-state index contributed by atoms with van der Waals surface area (Å²) in [5, 5.41) is 5.39. The number of carbonyl (C=O) groups is 1. The number of amides is 2. The van der Waals surface area contributed by atoms with Crippen LogP contribution < -0.4 is 15.4 Å². The zero-order chi connectivity index (χ0) is 19.7. The van der Waals surface area contributed by atoms with Gasteiger partial charge in [0.05, 0.1) is 4.91 Å². The lowest BCUT2D eigenvalue weighted by Gasteiger charge is -2.10. The molecule has 0 aliphatic carbocycles. The third-order valence-electron chi connectivity index (χ3n) is 3.39. The van der Waals surface area contributed by atoms with Crippen LogP contribution in [0.5, 0.6) is 0 Å². The van der Waals surface area contributed by atoms with Crippen molar-refractivity contribution in [2.75, 3.05) is 10.0 Å². The van der Waals surface area contributed by atoms with E-state index in [9.17, 15) is 13.2 Å². The van der Waals surface area contributed by atoms with Crippen molar-refractivity contribution in [2.45, 2.75) is 6.54 Å². The number of allylic oxidation sites excluding steroid dienone is 3. The second kappa shape index (κ2) is 9.35. The van der Waals surface area contributed by atoms with E-state index in [4.69, 9.17) is 0 Å². The molecule has 0 aliphatic rings. The molecule has 0 spiro atoms. The first kappa shape index (κ1) is 19.9. The Labute approximate surface area is 158 Å². The number of aromatic nitrogens is 1. The van der Waals surface area contributed by atoms with Crippen molar-refractivity contribution in [3.8, 4) is 0 Å². The molecule has 0 aliphatic heterocycles. The zero-order valence-corrected chi connectivity index (χ0v) is 15.4. The van der Waals surface area contributed by atoms with Crippen molar-refractivity contribution in [2.24, 2.45) is 0 Å². The fourth-order valence-corrected chi connectivity index (χ4v) is 3.14. The van der Waals surface area contributed by atoms with Crippen LogP contribution in [0.1, 0.15) is 5.56 Å². The van der Waals surface area contributed by atoms with E-state index in [1.807, 2.05) is 0 Å².